The molecule has 158 valence electrons. The zero-order valence-corrected chi connectivity index (χ0v) is 18.3. The van der Waals surface area contributed by atoms with Gasteiger partial charge in [0.1, 0.15) is 6.54 Å². The first-order valence-electron chi connectivity index (χ1n) is 10.3. The van der Waals surface area contributed by atoms with Gasteiger partial charge < -0.3 is 9.88 Å². The van der Waals surface area contributed by atoms with Crippen LogP contribution in [-0.2, 0) is 26.9 Å². The standard InChI is InChI=1S/C23H25ClN2O3S/c24-18-12-10-17(11-13-18)16-30(28,29)22-14-26(21-9-5-4-8-20(21)22)15-23(27)25-19-6-2-1-3-7-19/h4-5,8-14,19H,1-3,6-7,15-16H2,(H,25,27). The van der Waals surface area contributed by atoms with E-state index in [0.717, 1.165) is 31.2 Å². The lowest BCUT2D eigenvalue weighted by atomic mass is 9.95. The maximum Gasteiger partial charge on any atom is 0.240 e. The summed E-state index contributed by atoms with van der Waals surface area (Å²) in [5.41, 5.74) is 1.41. The van der Waals surface area contributed by atoms with Crippen molar-refractivity contribution in [3.05, 3.63) is 65.3 Å². The summed E-state index contributed by atoms with van der Waals surface area (Å²) in [5.74, 6) is -0.198. The molecular weight excluding hydrogens is 420 g/mol. The van der Waals surface area contributed by atoms with Crippen molar-refractivity contribution in [3.8, 4) is 0 Å². The summed E-state index contributed by atoms with van der Waals surface area (Å²) in [6.07, 6.45) is 7.13. The molecule has 0 spiro atoms. The number of halogens is 1. The zero-order chi connectivity index (χ0) is 21.1. The van der Waals surface area contributed by atoms with Crippen LogP contribution >= 0.6 is 11.6 Å². The highest BCUT2D eigenvalue weighted by atomic mass is 35.5. The molecule has 1 aromatic heterocycles. The van der Waals surface area contributed by atoms with E-state index in [2.05, 4.69) is 5.32 Å². The molecule has 3 aromatic rings. The van der Waals surface area contributed by atoms with Crippen LogP contribution < -0.4 is 5.32 Å². The average Bonchev–Trinajstić information content (AvgIpc) is 3.10. The van der Waals surface area contributed by atoms with E-state index in [9.17, 15) is 13.2 Å². The molecule has 1 saturated carbocycles. The number of rotatable bonds is 6. The molecule has 4 rings (SSSR count). The number of benzene rings is 2. The van der Waals surface area contributed by atoms with Crippen LogP contribution in [0.1, 0.15) is 37.7 Å². The summed E-state index contributed by atoms with van der Waals surface area (Å²) in [5, 5.41) is 4.31. The van der Waals surface area contributed by atoms with Crippen molar-refractivity contribution in [1.82, 2.24) is 9.88 Å². The third-order valence-corrected chi connectivity index (χ3v) is 7.60. The summed E-state index contributed by atoms with van der Waals surface area (Å²) in [4.78, 5) is 12.9. The highest BCUT2D eigenvalue weighted by Crippen LogP contribution is 2.28. The lowest BCUT2D eigenvalue weighted by Crippen LogP contribution is -2.38. The molecule has 0 bridgehead atoms. The first-order chi connectivity index (χ1) is 14.4. The number of hydrogen-bond donors (Lipinski definition) is 1. The number of para-hydroxylation sites is 1. The Morgan fingerprint density at radius 3 is 2.47 bits per heavy atom. The normalized spacial score (nSPS) is 15.4. The number of aromatic nitrogens is 1. The second-order valence-electron chi connectivity index (χ2n) is 7.93. The quantitative estimate of drug-likeness (QED) is 0.598. The molecule has 0 atom stereocenters. The van der Waals surface area contributed by atoms with E-state index < -0.39 is 9.84 Å². The van der Waals surface area contributed by atoms with Crippen molar-refractivity contribution < 1.29 is 13.2 Å². The van der Waals surface area contributed by atoms with Crippen molar-refractivity contribution in [2.24, 2.45) is 0 Å². The Morgan fingerprint density at radius 2 is 1.73 bits per heavy atom. The molecule has 0 unspecified atom stereocenters. The molecule has 1 fully saturated rings. The number of carbonyl (C=O) groups excluding carboxylic acids is 1. The van der Waals surface area contributed by atoms with E-state index in [4.69, 9.17) is 11.6 Å². The van der Waals surface area contributed by atoms with Crippen LogP contribution in [0.25, 0.3) is 10.9 Å². The Labute approximate surface area is 182 Å². The van der Waals surface area contributed by atoms with Gasteiger partial charge in [-0.15, -0.1) is 0 Å². The van der Waals surface area contributed by atoms with E-state index in [1.165, 1.54) is 6.42 Å². The smallest absolute Gasteiger partial charge is 0.240 e. The van der Waals surface area contributed by atoms with Crippen molar-refractivity contribution in [1.29, 1.82) is 0 Å². The van der Waals surface area contributed by atoms with Gasteiger partial charge in [-0.05, 0) is 36.6 Å². The number of hydrogen-bond acceptors (Lipinski definition) is 3. The number of nitrogens with zero attached hydrogens (tertiary/aromatic N) is 1. The van der Waals surface area contributed by atoms with Crippen molar-refractivity contribution >= 4 is 38.2 Å². The SMILES string of the molecule is O=C(Cn1cc(S(=O)(=O)Cc2ccc(Cl)cc2)c2ccccc21)NC1CCCCC1. The summed E-state index contributed by atoms with van der Waals surface area (Å²) in [6.45, 7) is 0.105. The number of fused-ring (bicyclic) bond motifs is 1. The molecule has 1 amide bonds. The Hall–Kier alpha value is -2.31. The Balaban J connectivity index is 1.60. The van der Waals surface area contributed by atoms with Crippen LogP contribution in [0.5, 0.6) is 0 Å². The molecule has 1 N–H and O–H groups in total. The maximum absolute atomic E-state index is 13.2. The monoisotopic (exact) mass is 444 g/mol. The van der Waals surface area contributed by atoms with Crippen LogP contribution in [0, 0.1) is 0 Å². The average molecular weight is 445 g/mol. The predicted molar refractivity (Wildman–Crippen MR) is 119 cm³/mol. The molecule has 1 aliphatic rings. The van der Waals surface area contributed by atoms with E-state index >= 15 is 0 Å². The second kappa shape index (κ2) is 8.82. The molecule has 1 heterocycles. The van der Waals surface area contributed by atoms with Gasteiger partial charge in [-0.1, -0.05) is 61.2 Å². The minimum atomic E-state index is -3.59. The number of sulfone groups is 1. The molecule has 2 aromatic carbocycles. The zero-order valence-electron chi connectivity index (χ0n) is 16.7. The van der Waals surface area contributed by atoms with Crippen LogP contribution in [0.3, 0.4) is 0 Å². The van der Waals surface area contributed by atoms with Crippen molar-refractivity contribution in [2.75, 3.05) is 0 Å². The van der Waals surface area contributed by atoms with Gasteiger partial charge in [-0.3, -0.25) is 4.79 Å². The van der Waals surface area contributed by atoms with Crippen LogP contribution in [-0.4, -0.2) is 24.9 Å². The molecule has 1 aliphatic carbocycles. The molecule has 0 saturated heterocycles. The number of amides is 1. The van der Waals surface area contributed by atoms with Gasteiger partial charge in [0.05, 0.1) is 10.6 Å². The van der Waals surface area contributed by atoms with Crippen molar-refractivity contribution in [2.45, 2.75) is 55.3 Å². The van der Waals surface area contributed by atoms with Crippen LogP contribution in [0.15, 0.2) is 59.6 Å². The van der Waals surface area contributed by atoms with Gasteiger partial charge in [0.2, 0.25) is 5.91 Å². The fourth-order valence-corrected chi connectivity index (χ4v) is 5.85. The molecule has 7 heteroatoms. The maximum atomic E-state index is 13.2. The summed E-state index contributed by atoms with van der Waals surface area (Å²) < 4.78 is 28.1. The number of nitrogens with one attached hydrogen (secondary N) is 1. The van der Waals surface area contributed by atoms with E-state index in [1.54, 1.807) is 41.1 Å². The van der Waals surface area contributed by atoms with Gasteiger partial charge in [0, 0.05) is 28.2 Å². The molecule has 0 aliphatic heterocycles. The van der Waals surface area contributed by atoms with Crippen LogP contribution in [0.2, 0.25) is 5.02 Å². The Bertz CT molecular complexity index is 1150. The highest BCUT2D eigenvalue weighted by molar-refractivity contribution is 7.90. The second-order valence-corrected chi connectivity index (χ2v) is 10.3. The first-order valence-corrected chi connectivity index (χ1v) is 12.3. The van der Waals surface area contributed by atoms with Gasteiger partial charge in [0.15, 0.2) is 9.84 Å². The molecule has 5 nitrogen and oxygen atoms in total. The summed E-state index contributed by atoms with van der Waals surface area (Å²) in [6, 6.07) is 14.3. The van der Waals surface area contributed by atoms with Crippen molar-refractivity contribution in [3.63, 3.8) is 0 Å². The molecule has 0 radical (unpaired) electrons. The fourth-order valence-electron chi connectivity index (χ4n) is 4.14. The van der Waals surface area contributed by atoms with Crippen LogP contribution in [0.4, 0.5) is 0 Å². The minimum absolute atomic E-state index is 0.0793. The van der Waals surface area contributed by atoms with Gasteiger partial charge in [-0.2, -0.15) is 0 Å². The Morgan fingerprint density at radius 1 is 1.03 bits per heavy atom. The third kappa shape index (κ3) is 4.71. The predicted octanol–water partition coefficient (Wildman–Crippen LogP) is 4.72. The highest BCUT2D eigenvalue weighted by Gasteiger charge is 2.23. The third-order valence-electron chi connectivity index (χ3n) is 5.64. The fraction of sp³-hybridized carbons (Fsp3) is 0.348. The first kappa shape index (κ1) is 20.9. The topological polar surface area (TPSA) is 68.2 Å². The van der Waals surface area contributed by atoms with Gasteiger partial charge >= 0.3 is 0 Å². The number of carbonyl (C=O) groups is 1. The van der Waals surface area contributed by atoms with Gasteiger partial charge in [-0.25, -0.2) is 8.42 Å². The van der Waals surface area contributed by atoms with E-state index in [0.29, 0.717) is 16.0 Å². The molecular formula is C23H25ClN2O3S. The van der Waals surface area contributed by atoms with E-state index in [-0.39, 0.29) is 29.1 Å². The van der Waals surface area contributed by atoms with E-state index in [1.807, 2.05) is 18.2 Å². The Kier molecular flexibility index (Phi) is 6.16. The van der Waals surface area contributed by atoms with Gasteiger partial charge in [0.25, 0.3) is 0 Å². The summed E-state index contributed by atoms with van der Waals surface area (Å²) in [7, 11) is -3.59. The summed E-state index contributed by atoms with van der Waals surface area (Å²) >= 11 is 5.91. The molecule has 30 heavy (non-hydrogen) atoms. The largest absolute Gasteiger partial charge is 0.352 e. The minimum Gasteiger partial charge on any atom is -0.352 e. The lowest BCUT2D eigenvalue weighted by molar-refractivity contribution is -0.122. The lowest BCUT2D eigenvalue weighted by Gasteiger charge is -2.22.